The van der Waals surface area contributed by atoms with Crippen LogP contribution in [0.25, 0.3) is 0 Å². The van der Waals surface area contributed by atoms with Crippen molar-refractivity contribution in [3.63, 3.8) is 0 Å². The van der Waals surface area contributed by atoms with E-state index in [1.54, 1.807) is 13.3 Å². The van der Waals surface area contributed by atoms with Crippen molar-refractivity contribution in [1.29, 1.82) is 0 Å². The molecule has 0 unspecified atom stereocenters. The van der Waals surface area contributed by atoms with Crippen LogP contribution in [0.2, 0.25) is 0 Å². The first-order valence-electron chi connectivity index (χ1n) is 4.51. The Balaban J connectivity index is 2.26. The van der Waals surface area contributed by atoms with Crippen LogP contribution >= 0.6 is 11.8 Å². The normalized spacial score (nSPS) is 16.1. The van der Waals surface area contributed by atoms with Crippen molar-refractivity contribution in [2.75, 3.05) is 31.0 Å². The summed E-state index contributed by atoms with van der Waals surface area (Å²) in [6, 6.07) is 0. The average Bonchev–Trinajstić information content (AvgIpc) is 2.15. The van der Waals surface area contributed by atoms with Gasteiger partial charge in [-0.05, 0) is 0 Å². The van der Waals surface area contributed by atoms with Crippen LogP contribution in [-0.2, 0) is 0 Å². The van der Waals surface area contributed by atoms with Gasteiger partial charge in [-0.1, -0.05) is 0 Å². The zero-order valence-corrected chi connectivity index (χ0v) is 9.10. The molecule has 1 aromatic rings. The molecule has 0 saturated carbocycles. The van der Waals surface area contributed by atoms with Crippen LogP contribution in [0.3, 0.4) is 0 Å². The summed E-state index contributed by atoms with van der Waals surface area (Å²) < 4.78 is 5.13. The minimum Gasteiger partial charge on any atom is -0.491 e. The van der Waals surface area contributed by atoms with Crippen molar-refractivity contribution >= 4 is 17.6 Å². The van der Waals surface area contributed by atoms with Gasteiger partial charge in [-0.3, -0.25) is 0 Å². The lowest BCUT2D eigenvalue weighted by atomic mass is 10.2. The van der Waals surface area contributed by atoms with Crippen LogP contribution < -0.4 is 10.1 Å². The van der Waals surface area contributed by atoms with E-state index in [1.807, 2.05) is 18.8 Å². The number of ether oxygens (including phenoxy) is 1. The topological polar surface area (TPSA) is 47.0 Å². The summed E-state index contributed by atoms with van der Waals surface area (Å²) >= 11 is 1.93. The Kier molecular flexibility index (Phi) is 2.77. The van der Waals surface area contributed by atoms with Gasteiger partial charge in [-0.2, -0.15) is 11.8 Å². The Morgan fingerprint density at radius 2 is 2.36 bits per heavy atom. The molecule has 1 aliphatic rings. The molecule has 0 radical (unpaired) electrons. The number of methoxy groups -OCH3 is 1. The van der Waals surface area contributed by atoms with E-state index in [9.17, 15) is 0 Å². The van der Waals surface area contributed by atoms with Crippen molar-refractivity contribution in [3.05, 3.63) is 12.0 Å². The van der Waals surface area contributed by atoms with Gasteiger partial charge in [0.1, 0.15) is 5.82 Å². The van der Waals surface area contributed by atoms with Crippen LogP contribution in [0.4, 0.5) is 5.82 Å². The number of anilines is 1. The van der Waals surface area contributed by atoms with Gasteiger partial charge >= 0.3 is 0 Å². The first kappa shape index (κ1) is 9.58. The van der Waals surface area contributed by atoms with Gasteiger partial charge < -0.3 is 10.1 Å². The minimum atomic E-state index is 0.526. The number of nitrogens with zero attached hydrogens (tertiary/aromatic N) is 2. The second-order valence-electron chi connectivity index (χ2n) is 3.13. The Morgan fingerprint density at radius 3 is 2.86 bits per heavy atom. The lowest BCUT2D eigenvalue weighted by molar-refractivity contribution is 0.412. The highest BCUT2D eigenvalue weighted by Gasteiger charge is 2.23. The fourth-order valence-electron chi connectivity index (χ4n) is 1.29. The molecule has 14 heavy (non-hydrogen) atoms. The molecule has 2 rings (SSSR count). The highest BCUT2D eigenvalue weighted by molar-refractivity contribution is 8.00. The highest BCUT2D eigenvalue weighted by Crippen LogP contribution is 2.33. The third-order valence-corrected chi connectivity index (χ3v) is 3.51. The van der Waals surface area contributed by atoms with Gasteiger partial charge in [0.05, 0.1) is 13.3 Å². The lowest BCUT2D eigenvalue weighted by Crippen LogP contribution is -2.19. The fraction of sp³-hybridized carbons (Fsp3) is 0.556. The molecule has 0 bridgehead atoms. The molecule has 0 aliphatic carbocycles. The smallest absolute Gasteiger partial charge is 0.179 e. The first-order chi connectivity index (χ1) is 6.85. The fourth-order valence-corrected chi connectivity index (χ4v) is 2.06. The third kappa shape index (κ3) is 1.64. The molecule has 1 fully saturated rings. The summed E-state index contributed by atoms with van der Waals surface area (Å²) in [5.41, 5.74) is 0. The largest absolute Gasteiger partial charge is 0.491 e. The number of hydrogen-bond donors (Lipinski definition) is 1. The van der Waals surface area contributed by atoms with Crippen LogP contribution in [-0.4, -0.2) is 35.6 Å². The summed E-state index contributed by atoms with van der Waals surface area (Å²) in [6.07, 6.45) is 1.73. The maximum absolute atomic E-state index is 5.13. The number of hydrogen-bond acceptors (Lipinski definition) is 5. The standard InChI is InChI=1S/C9H13N3OS/c1-10-9-7(13-2)3-11-8(12-9)6-4-14-5-6/h3,6H,4-5H2,1-2H3,(H,10,11,12). The van der Waals surface area contributed by atoms with E-state index < -0.39 is 0 Å². The molecule has 0 atom stereocenters. The van der Waals surface area contributed by atoms with Gasteiger partial charge in [0.15, 0.2) is 11.6 Å². The molecule has 1 aliphatic heterocycles. The van der Waals surface area contributed by atoms with Gasteiger partial charge in [0.25, 0.3) is 0 Å². The Bertz CT molecular complexity index is 328. The second kappa shape index (κ2) is 4.04. The number of rotatable bonds is 3. The first-order valence-corrected chi connectivity index (χ1v) is 5.67. The zero-order valence-electron chi connectivity index (χ0n) is 8.28. The summed E-state index contributed by atoms with van der Waals surface area (Å²) in [5.74, 6) is 5.19. The molecule has 1 N–H and O–H groups in total. The maximum Gasteiger partial charge on any atom is 0.179 e. The van der Waals surface area contributed by atoms with E-state index in [0.29, 0.717) is 11.7 Å². The monoisotopic (exact) mass is 211 g/mol. The van der Waals surface area contributed by atoms with Gasteiger partial charge in [0, 0.05) is 24.5 Å². The zero-order chi connectivity index (χ0) is 9.97. The van der Waals surface area contributed by atoms with E-state index in [0.717, 1.165) is 23.1 Å². The third-order valence-electron chi connectivity index (χ3n) is 2.23. The van der Waals surface area contributed by atoms with Gasteiger partial charge in [-0.15, -0.1) is 0 Å². The minimum absolute atomic E-state index is 0.526. The number of thioether (sulfide) groups is 1. The van der Waals surface area contributed by atoms with Crippen LogP contribution in [0.15, 0.2) is 6.20 Å². The van der Waals surface area contributed by atoms with Crippen molar-refractivity contribution in [2.24, 2.45) is 0 Å². The van der Waals surface area contributed by atoms with Crippen LogP contribution in [0.5, 0.6) is 5.75 Å². The lowest BCUT2D eigenvalue weighted by Gasteiger charge is -2.23. The van der Waals surface area contributed by atoms with E-state index in [2.05, 4.69) is 15.3 Å². The molecule has 0 spiro atoms. The Hall–Kier alpha value is -0.970. The predicted molar refractivity (Wildman–Crippen MR) is 58.2 cm³/mol. The number of aromatic nitrogens is 2. The van der Waals surface area contributed by atoms with Crippen molar-refractivity contribution in [3.8, 4) is 5.75 Å². The predicted octanol–water partition coefficient (Wildman–Crippen LogP) is 1.36. The summed E-state index contributed by atoms with van der Waals surface area (Å²) in [6.45, 7) is 0. The van der Waals surface area contributed by atoms with Crippen LogP contribution in [0, 0.1) is 0 Å². The summed E-state index contributed by atoms with van der Waals surface area (Å²) in [5, 5.41) is 3.01. The second-order valence-corrected chi connectivity index (χ2v) is 4.20. The van der Waals surface area contributed by atoms with E-state index >= 15 is 0 Å². The van der Waals surface area contributed by atoms with E-state index in [1.165, 1.54) is 0 Å². The molecule has 4 nitrogen and oxygen atoms in total. The van der Waals surface area contributed by atoms with Crippen molar-refractivity contribution in [1.82, 2.24) is 9.97 Å². The molecule has 76 valence electrons. The Labute approximate surface area is 87.5 Å². The molecular formula is C9H13N3OS. The van der Waals surface area contributed by atoms with Gasteiger partial charge in [0.2, 0.25) is 0 Å². The Morgan fingerprint density at radius 1 is 1.57 bits per heavy atom. The van der Waals surface area contributed by atoms with Gasteiger partial charge in [-0.25, -0.2) is 9.97 Å². The highest BCUT2D eigenvalue weighted by atomic mass is 32.2. The molecule has 0 amide bonds. The van der Waals surface area contributed by atoms with E-state index in [-0.39, 0.29) is 0 Å². The molecule has 0 aromatic carbocycles. The molecular weight excluding hydrogens is 198 g/mol. The summed E-state index contributed by atoms with van der Waals surface area (Å²) in [4.78, 5) is 8.71. The summed E-state index contributed by atoms with van der Waals surface area (Å²) in [7, 11) is 3.46. The number of nitrogens with one attached hydrogen (secondary N) is 1. The molecule has 1 aromatic heterocycles. The quantitative estimate of drug-likeness (QED) is 0.818. The molecule has 5 heteroatoms. The molecule has 1 saturated heterocycles. The average molecular weight is 211 g/mol. The molecule has 2 heterocycles. The maximum atomic E-state index is 5.13. The van der Waals surface area contributed by atoms with E-state index in [4.69, 9.17) is 4.74 Å². The van der Waals surface area contributed by atoms with Crippen LogP contribution in [0.1, 0.15) is 11.7 Å². The van der Waals surface area contributed by atoms with Crippen molar-refractivity contribution < 1.29 is 4.74 Å². The SMILES string of the molecule is CNc1nc(C2CSC2)ncc1OC. The van der Waals surface area contributed by atoms with Crippen molar-refractivity contribution in [2.45, 2.75) is 5.92 Å².